The molecule has 0 heterocycles. The maximum Gasteiger partial charge on any atom is 0.416 e. The molecule has 0 saturated heterocycles. The number of thiol groups is 1. The fourth-order valence-corrected chi connectivity index (χ4v) is 1.44. The molecule has 3 N–H and O–H groups in total. The van der Waals surface area contributed by atoms with Gasteiger partial charge in [0.2, 0.25) is 0 Å². The van der Waals surface area contributed by atoms with Crippen molar-refractivity contribution in [2.45, 2.75) is 12.6 Å². The van der Waals surface area contributed by atoms with Crippen molar-refractivity contribution in [1.82, 2.24) is 0 Å². The Balaban J connectivity index is 3.01. The molecule has 0 aliphatic heterocycles. The van der Waals surface area contributed by atoms with Crippen LogP contribution in [-0.4, -0.2) is 5.75 Å². The van der Waals surface area contributed by atoms with E-state index in [0.717, 1.165) is 18.6 Å². The van der Waals surface area contributed by atoms with Gasteiger partial charge in [-0.25, -0.2) is 0 Å². The number of nitrogens with two attached hydrogens (primary N) is 1. The van der Waals surface area contributed by atoms with Crippen LogP contribution in [0.15, 0.2) is 24.3 Å². The fraction of sp³-hybridized carbons (Fsp3) is 0.273. The normalized spacial score (nSPS) is 12.1. The van der Waals surface area contributed by atoms with Crippen LogP contribution in [0.5, 0.6) is 0 Å². The standard InChI is InChI=1S/C11H13F3N2S/c12-11(13,14)9-5-4-8(3-1-2-6-17)10(7-9)16-15/h1,3-5,7,16-17H,2,6,15H2. The molecule has 0 aliphatic carbocycles. The molecule has 0 aliphatic rings. The van der Waals surface area contributed by atoms with Crippen molar-refractivity contribution in [2.24, 2.45) is 5.84 Å². The predicted octanol–water partition coefficient (Wildman–Crippen LogP) is 3.32. The smallest absolute Gasteiger partial charge is 0.324 e. The van der Waals surface area contributed by atoms with Gasteiger partial charge in [0.05, 0.1) is 11.3 Å². The number of allylic oxidation sites excluding steroid dienone is 1. The van der Waals surface area contributed by atoms with Crippen molar-refractivity contribution in [3.8, 4) is 0 Å². The van der Waals surface area contributed by atoms with Crippen LogP contribution in [0.4, 0.5) is 18.9 Å². The van der Waals surface area contributed by atoms with Crippen LogP contribution >= 0.6 is 12.6 Å². The second-order valence-corrected chi connectivity index (χ2v) is 3.81. The van der Waals surface area contributed by atoms with Gasteiger partial charge in [-0.05, 0) is 29.9 Å². The zero-order valence-electron chi connectivity index (χ0n) is 8.96. The van der Waals surface area contributed by atoms with Gasteiger partial charge in [0, 0.05) is 0 Å². The van der Waals surface area contributed by atoms with Crippen molar-refractivity contribution in [2.75, 3.05) is 11.2 Å². The van der Waals surface area contributed by atoms with E-state index < -0.39 is 11.7 Å². The molecular weight excluding hydrogens is 249 g/mol. The number of hydrogen-bond acceptors (Lipinski definition) is 3. The molecule has 0 radical (unpaired) electrons. The minimum absolute atomic E-state index is 0.246. The minimum atomic E-state index is -4.36. The third kappa shape index (κ3) is 3.98. The molecule has 0 saturated carbocycles. The molecule has 1 aromatic rings. The number of hydrazine groups is 1. The van der Waals surface area contributed by atoms with Crippen LogP contribution in [0.25, 0.3) is 6.08 Å². The zero-order chi connectivity index (χ0) is 12.9. The quantitative estimate of drug-likeness (QED) is 0.442. The molecule has 0 fully saturated rings. The van der Waals surface area contributed by atoms with Gasteiger partial charge in [0.15, 0.2) is 0 Å². The first kappa shape index (κ1) is 13.9. The molecule has 0 amide bonds. The van der Waals surface area contributed by atoms with Crippen LogP contribution in [0.2, 0.25) is 0 Å². The summed E-state index contributed by atoms with van der Waals surface area (Å²) in [6, 6.07) is 3.40. The molecule has 17 heavy (non-hydrogen) atoms. The Morgan fingerprint density at radius 3 is 2.59 bits per heavy atom. The van der Waals surface area contributed by atoms with Gasteiger partial charge < -0.3 is 5.43 Å². The topological polar surface area (TPSA) is 38.0 Å². The van der Waals surface area contributed by atoms with E-state index in [1.165, 1.54) is 6.07 Å². The van der Waals surface area contributed by atoms with Crippen molar-refractivity contribution in [1.29, 1.82) is 0 Å². The number of rotatable bonds is 4. The van der Waals surface area contributed by atoms with E-state index in [1.54, 1.807) is 6.08 Å². The average Bonchev–Trinajstić information content (AvgIpc) is 2.28. The fourth-order valence-electron chi connectivity index (χ4n) is 1.29. The summed E-state index contributed by atoms with van der Waals surface area (Å²) in [6.45, 7) is 0. The van der Waals surface area contributed by atoms with E-state index in [2.05, 4.69) is 18.1 Å². The van der Waals surface area contributed by atoms with Crippen molar-refractivity contribution in [3.63, 3.8) is 0 Å². The first-order chi connectivity index (χ1) is 7.99. The second kappa shape index (κ2) is 5.97. The largest absolute Gasteiger partial charge is 0.416 e. The predicted molar refractivity (Wildman–Crippen MR) is 66.8 cm³/mol. The minimum Gasteiger partial charge on any atom is -0.324 e. The van der Waals surface area contributed by atoms with Crippen LogP contribution in [0, 0.1) is 0 Å². The van der Waals surface area contributed by atoms with E-state index >= 15 is 0 Å². The lowest BCUT2D eigenvalue weighted by molar-refractivity contribution is -0.137. The van der Waals surface area contributed by atoms with Gasteiger partial charge >= 0.3 is 6.18 Å². The summed E-state index contributed by atoms with van der Waals surface area (Å²) in [5.41, 5.74) is 2.40. The van der Waals surface area contributed by atoms with E-state index in [4.69, 9.17) is 5.84 Å². The molecule has 0 aromatic heterocycles. The highest BCUT2D eigenvalue weighted by Crippen LogP contribution is 2.32. The summed E-state index contributed by atoms with van der Waals surface area (Å²) in [7, 11) is 0. The number of halogens is 3. The van der Waals surface area contributed by atoms with Crippen molar-refractivity contribution >= 4 is 24.4 Å². The lowest BCUT2D eigenvalue weighted by atomic mass is 10.1. The van der Waals surface area contributed by atoms with Crippen LogP contribution < -0.4 is 11.3 Å². The molecule has 94 valence electrons. The number of nitrogens with one attached hydrogen (secondary N) is 1. The highest BCUT2D eigenvalue weighted by atomic mass is 32.1. The van der Waals surface area contributed by atoms with Crippen LogP contribution in [-0.2, 0) is 6.18 Å². The van der Waals surface area contributed by atoms with Crippen molar-refractivity contribution in [3.05, 3.63) is 35.4 Å². The van der Waals surface area contributed by atoms with Gasteiger partial charge in [-0.3, -0.25) is 5.84 Å². The lowest BCUT2D eigenvalue weighted by Crippen LogP contribution is -2.11. The first-order valence-electron chi connectivity index (χ1n) is 4.94. The third-order valence-corrected chi connectivity index (χ3v) is 2.39. The average molecular weight is 262 g/mol. The van der Waals surface area contributed by atoms with E-state index in [-0.39, 0.29) is 5.69 Å². The summed E-state index contributed by atoms with van der Waals surface area (Å²) in [6.07, 6.45) is -0.0743. The number of benzene rings is 1. The summed E-state index contributed by atoms with van der Waals surface area (Å²) in [4.78, 5) is 0. The van der Waals surface area contributed by atoms with Crippen molar-refractivity contribution < 1.29 is 13.2 Å². The van der Waals surface area contributed by atoms with Crippen LogP contribution in [0.1, 0.15) is 17.5 Å². The Kier molecular flexibility index (Phi) is 4.89. The molecule has 0 spiro atoms. The maximum atomic E-state index is 12.4. The molecular formula is C11H13F3N2S. The summed E-state index contributed by atoms with van der Waals surface area (Å²) in [5, 5.41) is 0. The number of nitrogen functional groups attached to an aromatic ring is 1. The Bertz CT molecular complexity index is 402. The van der Waals surface area contributed by atoms with E-state index in [9.17, 15) is 13.2 Å². The second-order valence-electron chi connectivity index (χ2n) is 3.36. The number of anilines is 1. The maximum absolute atomic E-state index is 12.4. The molecule has 0 bridgehead atoms. The van der Waals surface area contributed by atoms with Gasteiger partial charge in [-0.15, -0.1) is 0 Å². The number of alkyl halides is 3. The summed E-state index contributed by atoms with van der Waals surface area (Å²) in [5.74, 6) is 5.88. The molecule has 0 atom stereocenters. The van der Waals surface area contributed by atoms with E-state index in [0.29, 0.717) is 11.3 Å². The molecule has 1 rings (SSSR count). The van der Waals surface area contributed by atoms with Crippen LogP contribution in [0.3, 0.4) is 0 Å². The lowest BCUT2D eigenvalue weighted by Gasteiger charge is -2.11. The SMILES string of the molecule is NNc1cc(C(F)(F)F)ccc1C=CCCS. The molecule has 2 nitrogen and oxygen atoms in total. The van der Waals surface area contributed by atoms with Gasteiger partial charge in [-0.2, -0.15) is 25.8 Å². The van der Waals surface area contributed by atoms with Gasteiger partial charge in [0.25, 0.3) is 0 Å². The first-order valence-corrected chi connectivity index (χ1v) is 5.57. The number of hydrogen-bond donors (Lipinski definition) is 3. The Morgan fingerprint density at radius 1 is 1.35 bits per heavy atom. The Labute approximate surface area is 103 Å². The zero-order valence-corrected chi connectivity index (χ0v) is 9.85. The summed E-state index contributed by atoms with van der Waals surface area (Å²) >= 11 is 4.03. The highest BCUT2D eigenvalue weighted by molar-refractivity contribution is 7.80. The monoisotopic (exact) mass is 262 g/mol. The molecule has 0 unspecified atom stereocenters. The van der Waals surface area contributed by atoms with E-state index in [1.807, 2.05) is 6.08 Å². The highest BCUT2D eigenvalue weighted by Gasteiger charge is 2.30. The Morgan fingerprint density at radius 2 is 2.06 bits per heavy atom. The third-order valence-electron chi connectivity index (χ3n) is 2.13. The molecule has 6 heteroatoms. The molecule has 1 aromatic carbocycles. The summed E-state index contributed by atoms with van der Waals surface area (Å²) < 4.78 is 37.3. The van der Waals surface area contributed by atoms with Gasteiger partial charge in [0.1, 0.15) is 0 Å². The Hall–Kier alpha value is -1.14. The van der Waals surface area contributed by atoms with Gasteiger partial charge in [-0.1, -0.05) is 18.2 Å².